The lowest BCUT2D eigenvalue weighted by Crippen LogP contribution is -2.26. The monoisotopic (exact) mass is 377 g/mol. The number of hydrogen-bond acceptors (Lipinski definition) is 6. The third-order valence-electron chi connectivity index (χ3n) is 4.06. The van der Waals surface area contributed by atoms with Crippen LogP contribution < -0.4 is 11.1 Å². The Labute approximate surface area is 161 Å². The van der Waals surface area contributed by atoms with Gasteiger partial charge in [-0.3, -0.25) is 14.8 Å². The topological polar surface area (TPSA) is 121 Å². The number of nitrogen functional groups attached to an aromatic ring is 1. The number of nitrogens with two attached hydrogens (primary N) is 1. The van der Waals surface area contributed by atoms with Gasteiger partial charge >= 0.3 is 0 Å². The van der Waals surface area contributed by atoms with Crippen molar-refractivity contribution >= 4 is 17.6 Å². The van der Waals surface area contributed by atoms with E-state index in [0.717, 1.165) is 5.56 Å². The summed E-state index contributed by atoms with van der Waals surface area (Å²) < 4.78 is 0. The summed E-state index contributed by atoms with van der Waals surface area (Å²) >= 11 is 0. The van der Waals surface area contributed by atoms with Crippen molar-refractivity contribution in [3.63, 3.8) is 0 Å². The molecular formula is C20H19N5O3. The molecule has 0 atom stereocenters. The van der Waals surface area contributed by atoms with Gasteiger partial charge in [-0.25, -0.2) is 15.0 Å². The van der Waals surface area contributed by atoms with Gasteiger partial charge in [0.25, 0.3) is 11.8 Å². The van der Waals surface area contributed by atoms with Crippen LogP contribution in [0, 0.1) is 0 Å². The summed E-state index contributed by atoms with van der Waals surface area (Å²) in [4.78, 5) is 32.7. The summed E-state index contributed by atoms with van der Waals surface area (Å²) in [7, 11) is 1.47. The fourth-order valence-electron chi connectivity index (χ4n) is 2.61. The summed E-state index contributed by atoms with van der Waals surface area (Å²) in [6.07, 6.45) is 1.42. The van der Waals surface area contributed by atoms with Crippen LogP contribution in [0.3, 0.4) is 0 Å². The van der Waals surface area contributed by atoms with Gasteiger partial charge in [-0.05, 0) is 17.7 Å². The first-order valence-electron chi connectivity index (χ1n) is 8.49. The highest BCUT2D eigenvalue weighted by Gasteiger charge is 2.17. The molecule has 142 valence electrons. The number of hydrogen-bond donors (Lipinski definition) is 3. The Bertz CT molecular complexity index is 1010. The second kappa shape index (κ2) is 8.28. The highest BCUT2D eigenvalue weighted by atomic mass is 16.5. The molecule has 1 aromatic heterocycles. The van der Waals surface area contributed by atoms with Crippen LogP contribution in [0.25, 0.3) is 11.3 Å². The highest BCUT2D eigenvalue weighted by Crippen LogP contribution is 2.21. The normalized spacial score (nSPS) is 10.4. The molecule has 0 aliphatic rings. The van der Waals surface area contributed by atoms with Crippen LogP contribution in [-0.2, 0) is 6.54 Å². The number of carbonyl (C=O) groups is 2. The first kappa shape index (κ1) is 19.0. The predicted molar refractivity (Wildman–Crippen MR) is 103 cm³/mol. The maximum absolute atomic E-state index is 12.6. The molecule has 0 unspecified atom stereocenters. The molecule has 1 heterocycles. The smallest absolute Gasteiger partial charge is 0.277 e. The van der Waals surface area contributed by atoms with Crippen molar-refractivity contribution in [3.05, 3.63) is 77.6 Å². The Balaban J connectivity index is 1.86. The van der Waals surface area contributed by atoms with Gasteiger partial charge in [-0.1, -0.05) is 42.5 Å². The maximum atomic E-state index is 12.6. The van der Waals surface area contributed by atoms with E-state index < -0.39 is 11.8 Å². The van der Waals surface area contributed by atoms with Crippen molar-refractivity contribution in [3.8, 4) is 11.3 Å². The minimum absolute atomic E-state index is 0.00425. The zero-order valence-electron chi connectivity index (χ0n) is 15.2. The molecule has 0 spiro atoms. The molecule has 2 aromatic carbocycles. The molecule has 0 saturated carbocycles. The van der Waals surface area contributed by atoms with E-state index in [1.54, 1.807) is 24.3 Å². The zero-order valence-corrected chi connectivity index (χ0v) is 15.2. The lowest BCUT2D eigenvalue weighted by Gasteiger charge is -2.15. The second-order valence-electron chi connectivity index (χ2n) is 6.00. The van der Waals surface area contributed by atoms with Crippen LogP contribution in [-0.4, -0.2) is 39.1 Å². The van der Waals surface area contributed by atoms with Crippen molar-refractivity contribution in [2.75, 3.05) is 12.8 Å². The summed E-state index contributed by atoms with van der Waals surface area (Å²) in [5.41, 5.74) is 7.74. The van der Waals surface area contributed by atoms with E-state index in [1.807, 2.05) is 30.3 Å². The van der Waals surface area contributed by atoms with E-state index in [0.29, 0.717) is 16.3 Å². The van der Waals surface area contributed by atoms with Crippen LogP contribution in [0.1, 0.15) is 26.4 Å². The van der Waals surface area contributed by atoms with Crippen molar-refractivity contribution in [2.45, 2.75) is 6.54 Å². The number of amides is 2. The second-order valence-corrected chi connectivity index (χ2v) is 6.00. The number of aromatic nitrogens is 2. The minimum Gasteiger partial charge on any atom is -0.382 e. The zero-order chi connectivity index (χ0) is 20.1. The highest BCUT2D eigenvalue weighted by molar-refractivity contribution is 5.97. The molecule has 0 fully saturated rings. The maximum Gasteiger partial charge on any atom is 0.277 e. The molecule has 28 heavy (non-hydrogen) atoms. The van der Waals surface area contributed by atoms with E-state index >= 15 is 0 Å². The van der Waals surface area contributed by atoms with Gasteiger partial charge in [0, 0.05) is 18.2 Å². The third-order valence-corrected chi connectivity index (χ3v) is 4.06. The predicted octanol–water partition coefficient (Wildman–Crippen LogP) is 2.12. The van der Waals surface area contributed by atoms with Crippen molar-refractivity contribution in [1.29, 1.82) is 0 Å². The molecule has 4 N–H and O–H groups in total. The number of carbonyl (C=O) groups excluding carboxylic acids is 2. The van der Waals surface area contributed by atoms with Crippen LogP contribution in [0.15, 0.2) is 60.8 Å². The fraction of sp³-hybridized carbons (Fsp3) is 0.100. The van der Waals surface area contributed by atoms with Crippen molar-refractivity contribution in [2.24, 2.45) is 0 Å². The van der Waals surface area contributed by atoms with Gasteiger partial charge in [0.1, 0.15) is 0 Å². The molecule has 0 aliphatic heterocycles. The molecule has 0 aliphatic carbocycles. The first-order valence-corrected chi connectivity index (χ1v) is 8.49. The molecule has 2 amide bonds. The van der Waals surface area contributed by atoms with Crippen molar-refractivity contribution in [1.82, 2.24) is 20.3 Å². The van der Waals surface area contributed by atoms with E-state index in [9.17, 15) is 14.8 Å². The Morgan fingerprint density at radius 3 is 2.61 bits per heavy atom. The fourth-order valence-corrected chi connectivity index (χ4v) is 2.61. The van der Waals surface area contributed by atoms with Crippen LogP contribution >= 0.6 is 0 Å². The Morgan fingerprint density at radius 1 is 1.14 bits per heavy atom. The lowest BCUT2D eigenvalue weighted by atomic mass is 10.1. The Morgan fingerprint density at radius 2 is 1.89 bits per heavy atom. The van der Waals surface area contributed by atoms with E-state index in [1.165, 1.54) is 13.2 Å². The summed E-state index contributed by atoms with van der Waals surface area (Å²) in [6, 6.07) is 15.7. The Kier molecular flexibility index (Phi) is 5.61. The van der Waals surface area contributed by atoms with Crippen LogP contribution in [0.4, 0.5) is 5.82 Å². The van der Waals surface area contributed by atoms with E-state index in [-0.39, 0.29) is 23.6 Å². The molecule has 8 nitrogen and oxygen atoms in total. The summed E-state index contributed by atoms with van der Waals surface area (Å²) in [5, 5.41) is 13.3. The number of nitrogens with zero attached hydrogens (tertiary/aromatic N) is 3. The van der Waals surface area contributed by atoms with Crippen molar-refractivity contribution < 1.29 is 14.8 Å². The average Bonchev–Trinajstić information content (AvgIpc) is 2.73. The lowest BCUT2D eigenvalue weighted by molar-refractivity contribution is -0.0648. The summed E-state index contributed by atoms with van der Waals surface area (Å²) in [5.74, 6) is -0.996. The third kappa shape index (κ3) is 4.13. The van der Waals surface area contributed by atoms with E-state index in [2.05, 4.69) is 15.3 Å². The molecule has 3 rings (SSSR count). The molecule has 8 heteroatoms. The number of rotatable bonds is 5. The standard InChI is InChI=1S/C20H19N5O3/c1-22-19(26)17-18(21)23-11-16(24-17)14-8-5-9-15(10-14)20(27)25(28)12-13-6-3-2-4-7-13/h2-11,28H,12H2,1H3,(H2,21,23)(H,22,26). The van der Waals surface area contributed by atoms with Crippen LogP contribution in [0.2, 0.25) is 0 Å². The minimum atomic E-state index is -0.555. The number of benzene rings is 2. The van der Waals surface area contributed by atoms with Crippen LogP contribution in [0.5, 0.6) is 0 Å². The molecule has 0 saturated heterocycles. The van der Waals surface area contributed by atoms with Gasteiger partial charge < -0.3 is 11.1 Å². The van der Waals surface area contributed by atoms with Gasteiger partial charge in [0.15, 0.2) is 11.5 Å². The van der Waals surface area contributed by atoms with Gasteiger partial charge in [-0.15, -0.1) is 0 Å². The van der Waals surface area contributed by atoms with Gasteiger partial charge in [0.2, 0.25) is 0 Å². The molecule has 0 bridgehead atoms. The number of hydroxylamine groups is 2. The summed E-state index contributed by atoms with van der Waals surface area (Å²) in [6.45, 7) is 0.0619. The molecule has 3 aromatic rings. The molecular weight excluding hydrogens is 358 g/mol. The number of nitrogens with one attached hydrogen (secondary N) is 1. The molecule has 0 radical (unpaired) electrons. The largest absolute Gasteiger partial charge is 0.382 e. The Hall–Kier alpha value is -3.78. The average molecular weight is 377 g/mol. The SMILES string of the molecule is CNC(=O)c1nc(-c2cccc(C(=O)N(O)Cc3ccccc3)c2)cnc1N. The number of anilines is 1. The first-order chi connectivity index (χ1) is 13.5. The van der Waals surface area contributed by atoms with Gasteiger partial charge in [0.05, 0.1) is 18.4 Å². The van der Waals surface area contributed by atoms with E-state index in [4.69, 9.17) is 5.73 Å². The quantitative estimate of drug-likeness (QED) is 0.462. The van der Waals surface area contributed by atoms with Gasteiger partial charge in [-0.2, -0.15) is 0 Å².